The second-order valence-electron chi connectivity index (χ2n) is 4.72. The van der Waals surface area contributed by atoms with E-state index in [2.05, 4.69) is 9.89 Å². The van der Waals surface area contributed by atoms with Crippen LogP contribution in [0.1, 0.15) is 19.3 Å². The van der Waals surface area contributed by atoms with Crippen LogP contribution < -0.4 is 5.73 Å². The molecule has 0 unspecified atom stereocenters. The highest BCUT2D eigenvalue weighted by atomic mass is 32.2. The van der Waals surface area contributed by atoms with Crippen LogP contribution in [-0.4, -0.2) is 65.9 Å². The summed E-state index contributed by atoms with van der Waals surface area (Å²) in [6.45, 7) is 3.86. The van der Waals surface area contributed by atoms with Crippen LogP contribution in [0.15, 0.2) is 4.99 Å². The van der Waals surface area contributed by atoms with Crippen LogP contribution in [0.4, 0.5) is 0 Å². The highest BCUT2D eigenvalue weighted by Gasteiger charge is 2.17. The van der Waals surface area contributed by atoms with Gasteiger partial charge in [0.2, 0.25) is 5.91 Å². The van der Waals surface area contributed by atoms with Crippen molar-refractivity contribution >= 4 is 23.6 Å². The number of nitrogens with zero attached hydrogens (tertiary/aromatic N) is 3. The molecule has 2 heterocycles. The SMILES string of the molecule is NC(=NCC(=O)N1CCCCC1)N1CCSCC1. The molecule has 0 atom stereocenters. The summed E-state index contributed by atoms with van der Waals surface area (Å²) in [6.07, 6.45) is 3.48. The fraction of sp³-hybridized carbons (Fsp3) is 0.833. The van der Waals surface area contributed by atoms with E-state index in [-0.39, 0.29) is 12.5 Å². The van der Waals surface area contributed by atoms with Gasteiger partial charge in [-0.3, -0.25) is 4.79 Å². The Labute approximate surface area is 113 Å². The van der Waals surface area contributed by atoms with Gasteiger partial charge in [-0.2, -0.15) is 11.8 Å². The van der Waals surface area contributed by atoms with Crippen molar-refractivity contribution in [2.45, 2.75) is 19.3 Å². The zero-order valence-electron chi connectivity index (χ0n) is 10.8. The van der Waals surface area contributed by atoms with Gasteiger partial charge < -0.3 is 15.5 Å². The molecule has 2 N–H and O–H groups in total. The molecule has 2 aliphatic heterocycles. The molecule has 102 valence electrons. The lowest BCUT2D eigenvalue weighted by atomic mass is 10.1. The first-order valence-electron chi connectivity index (χ1n) is 6.68. The van der Waals surface area contributed by atoms with Gasteiger partial charge in [-0.25, -0.2) is 4.99 Å². The number of amides is 1. The summed E-state index contributed by atoms with van der Waals surface area (Å²) in [6, 6.07) is 0. The number of carbonyl (C=O) groups excluding carboxylic acids is 1. The summed E-state index contributed by atoms with van der Waals surface area (Å²) in [5.74, 6) is 2.83. The Morgan fingerprint density at radius 1 is 1.06 bits per heavy atom. The smallest absolute Gasteiger partial charge is 0.244 e. The summed E-state index contributed by atoms with van der Waals surface area (Å²) in [5, 5.41) is 0. The maximum atomic E-state index is 11.9. The van der Waals surface area contributed by atoms with Crippen molar-refractivity contribution < 1.29 is 4.79 Å². The quantitative estimate of drug-likeness (QED) is 0.581. The maximum absolute atomic E-state index is 11.9. The Kier molecular flexibility index (Phi) is 5.16. The summed E-state index contributed by atoms with van der Waals surface area (Å²) in [5.41, 5.74) is 5.92. The van der Waals surface area contributed by atoms with Gasteiger partial charge in [0.05, 0.1) is 0 Å². The molecule has 2 fully saturated rings. The molecule has 0 aromatic carbocycles. The Morgan fingerprint density at radius 3 is 2.39 bits per heavy atom. The highest BCUT2D eigenvalue weighted by molar-refractivity contribution is 7.99. The first-order chi connectivity index (χ1) is 8.77. The minimum Gasteiger partial charge on any atom is -0.370 e. The number of piperidine rings is 1. The van der Waals surface area contributed by atoms with E-state index in [1.165, 1.54) is 6.42 Å². The van der Waals surface area contributed by atoms with E-state index in [1.54, 1.807) is 0 Å². The van der Waals surface area contributed by atoms with Crippen molar-refractivity contribution in [3.63, 3.8) is 0 Å². The Hall–Kier alpha value is -0.910. The monoisotopic (exact) mass is 270 g/mol. The largest absolute Gasteiger partial charge is 0.370 e. The van der Waals surface area contributed by atoms with E-state index in [9.17, 15) is 4.79 Å². The summed E-state index contributed by atoms with van der Waals surface area (Å²) < 4.78 is 0. The molecular formula is C12H22N4OS. The van der Waals surface area contributed by atoms with Gasteiger partial charge in [-0.15, -0.1) is 0 Å². The van der Waals surface area contributed by atoms with Crippen LogP contribution in [0.2, 0.25) is 0 Å². The van der Waals surface area contributed by atoms with Gasteiger partial charge in [0, 0.05) is 37.7 Å². The molecule has 0 radical (unpaired) electrons. The molecule has 0 aliphatic carbocycles. The summed E-state index contributed by atoms with van der Waals surface area (Å²) >= 11 is 1.94. The lowest BCUT2D eigenvalue weighted by molar-refractivity contribution is -0.130. The van der Waals surface area contributed by atoms with Gasteiger partial charge in [0.1, 0.15) is 6.54 Å². The lowest BCUT2D eigenvalue weighted by Crippen LogP contribution is -2.43. The third kappa shape index (κ3) is 3.80. The lowest BCUT2D eigenvalue weighted by Gasteiger charge is -2.28. The molecule has 2 rings (SSSR count). The van der Waals surface area contributed by atoms with E-state index >= 15 is 0 Å². The van der Waals surface area contributed by atoms with E-state index in [0.29, 0.717) is 5.96 Å². The average molecular weight is 270 g/mol. The number of hydrogen-bond donors (Lipinski definition) is 1. The van der Waals surface area contributed by atoms with E-state index in [4.69, 9.17) is 5.73 Å². The zero-order valence-corrected chi connectivity index (χ0v) is 11.6. The highest BCUT2D eigenvalue weighted by Crippen LogP contribution is 2.10. The molecule has 1 amide bonds. The number of hydrogen-bond acceptors (Lipinski definition) is 3. The molecule has 0 saturated carbocycles. The summed E-state index contributed by atoms with van der Waals surface area (Å²) in [7, 11) is 0. The fourth-order valence-electron chi connectivity index (χ4n) is 2.28. The second-order valence-corrected chi connectivity index (χ2v) is 5.94. The molecule has 6 heteroatoms. The molecule has 0 spiro atoms. The third-order valence-electron chi connectivity index (χ3n) is 3.42. The molecule has 2 saturated heterocycles. The van der Waals surface area contributed by atoms with Crippen molar-refractivity contribution in [3.05, 3.63) is 0 Å². The van der Waals surface area contributed by atoms with Crippen LogP contribution in [0.25, 0.3) is 0 Å². The first-order valence-corrected chi connectivity index (χ1v) is 7.83. The van der Waals surface area contributed by atoms with Crippen LogP contribution in [0.5, 0.6) is 0 Å². The van der Waals surface area contributed by atoms with E-state index in [0.717, 1.165) is 50.5 Å². The predicted octanol–water partition coefficient (Wildman–Crippen LogP) is 0.362. The van der Waals surface area contributed by atoms with E-state index < -0.39 is 0 Å². The number of guanidine groups is 1. The van der Waals surface area contributed by atoms with Crippen molar-refractivity contribution in [3.8, 4) is 0 Å². The Balaban J connectivity index is 1.79. The van der Waals surface area contributed by atoms with Gasteiger partial charge in [0.25, 0.3) is 0 Å². The number of likely N-dealkylation sites (tertiary alicyclic amines) is 1. The van der Waals surface area contributed by atoms with Crippen LogP contribution in [-0.2, 0) is 4.79 Å². The normalized spacial score (nSPS) is 22.1. The molecule has 0 aromatic heterocycles. The van der Waals surface area contributed by atoms with Gasteiger partial charge in [0.15, 0.2) is 5.96 Å². The van der Waals surface area contributed by atoms with Crippen molar-refractivity contribution in [1.29, 1.82) is 0 Å². The van der Waals surface area contributed by atoms with Crippen LogP contribution in [0, 0.1) is 0 Å². The molecule has 5 nitrogen and oxygen atoms in total. The third-order valence-corrected chi connectivity index (χ3v) is 4.36. The predicted molar refractivity (Wildman–Crippen MR) is 75.8 cm³/mol. The molecule has 0 bridgehead atoms. The van der Waals surface area contributed by atoms with E-state index in [1.807, 2.05) is 16.7 Å². The van der Waals surface area contributed by atoms with Crippen LogP contribution >= 0.6 is 11.8 Å². The standard InChI is InChI=1S/C12H22N4OS/c13-12(16-6-8-18-9-7-16)14-10-11(17)15-4-2-1-3-5-15/h1-10H2,(H2,13,14). The Bertz CT molecular complexity index is 309. The van der Waals surface area contributed by atoms with Gasteiger partial charge in [-0.1, -0.05) is 0 Å². The van der Waals surface area contributed by atoms with Crippen LogP contribution in [0.3, 0.4) is 0 Å². The number of rotatable bonds is 2. The number of carbonyl (C=O) groups is 1. The summed E-state index contributed by atoms with van der Waals surface area (Å²) in [4.78, 5) is 20.1. The molecule has 0 aromatic rings. The molecule has 2 aliphatic rings. The topological polar surface area (TPSA) is 61.9 Å². The fourth-order valence-corrected chi connectivity index (χ4v) is 3.19. The van der Waals surface area contributed by atoms with Crippen molar-refractivity contribution in [1.82, 2.24) is 9.80 Å². The average Bonchev–Trinajstić information content (AvgIpc) is 2.46. The minimum atomic E-state index is 0.115. The van der Waals surface area contributed by atoms with Crippen molar-refractivity contribution in [2.75, 3.05) is 44.2 Å². The zero-order chi connectivity index (χ0) is 12.8. The Morgan fingerprint density at radius 2 is 1.72 bits per heavy atom. The number of thioether (sulfide) groups is 1. The number of aliphatic imine (C=N–C) groups is 1. The molecular weight excluding hydrogens is 248 g/mol. The number of nitrogens with two attached hydrogens (primary N) is 1. The maximum Gasteiger partial charge on any atom is 0.244 e. The minimum absolute atomic E-state index is 0.115. The second kappa shape index (κ2) is 6.87. The van der Waals surface area contributed by atoms with Gasteiger partial charge >= 0.3 is 0 Å². The van der Waals surface area contributed by atoms with Crippen molar-refractivity contribution in [2.24, 2.45) is 10.7 Å². The first kappa shape index (κ1) is 13.5. The van der Waals surface area contributed by atoms with Gasteiger partial charge in [-0.05, 0) is 19.3 Å². The molecule has 18 heavy (non-hydrogen) atoms.